The maximum absolute atomic E-state index is 6.01. The first-order chi connectivity index (χ1) is 15.6. The molecule has 3 aromatic rings. The number of nitrogens with one attached hydrogen (secondary N) is 2. The molecule has 0 heterocycles. The molecule has 0 unspecified atom stereocenters. The van der Waals surface area contributed by atoms with Crippen molar-refractivity contribution in [1.82, 2.24) is 0 Å². The van der Waals surface area contributed by atoms with E-state index >= 15 is 0 Å². The molecule has 3 aromatic carbocycles. The fraction of sp³-hybridized carbons (Fsp3) is 0.167. The van der Waals surface area contributed by atoms with E-state index < -0.39 is 0 Å². The third-order valence-corrected chi connectivity index (χ3v) is 4.58. The predicted molar refractivity (Wildman–Crippen MR) is 130 cm³/mol. The van der Waals surface area contributed by atoms with Crippen LogP contribution in [0.5, 0.6) is 11.5 Å². The molecule has 0 aromatic heterocycles. The lowest BCUT2D eigenvalue weighted by Crippen LogP contribution is -2.22. The molecule has 0 amide bonds. The number of hydrogen-bond donors (Lipinski definition) is 4. The minimum atomic E-state index is 0.339. The van der Waals surface area contributed by atoms with E-state index in [0.29, 0.717) is 25.0 Å². The number of rotatable bonds is 8. The third kappa shape index (κ3) is 6.94. The number of ether oxygens (including phenoxy) is 2. The molecule has 0 fully saturated rings. The van der Waals surface area contributed by atoms with Gasteiger partial charge in [-0.25, -0.2) is 9.98 Å². The number of nitrogens with two attached hydrogens (primary N) is 2. The highest BCUT2D eigenvalue weighted by atomic mass is 16.5. The van der Waals surface area contributed by atoms with Gasteiger partial charge in [-0.05, 0) is 59.7 Å². The summed E-state index contributed by atoms with van der Waals surface area (Å²) in [7, 11) is 3.26. The first kappa shape index (κ1) is 22.5. The first-order valence-electron chi connectivity index (χ1n) is 10.1. The van der Waals surface area contributed by atoms with E-state index in [-0.39, 0.29) is 0 Å². The van der Waals surface area contributed by atoms with E-state index in [1.54, 1.807) is 14.2 Å². The molecular formula is C24H28N6O2. The van der Waals surface area contributed by atoms with Crippen LogP contribution < -0.4 is 31.6 Å². The third-order valence-electron chi connectivity index (χ3n) is 4.58. The van der Waals surface area contributed by atoms with Crippen LogP contribution in [0.3, 0.4) is 0 Å². The van der Waals surface area contributed by atoms with Crippen LogP contribution in [0.2, 0.25) is 0 Å². The Balaban J connectivity index is 1.54. The van der Waals surface area contributed by atoms with Crippen molar-refractivity contribution in [3.8, 4) is 11.5 Å². The van der Waals surface area contributed by atoms with Gasteiger partial charge in [-0.1, -0.05) is 24.3 Å². The SMILES string of the molecule is COc1ccc(NC(N)=NCc2cccc(CN=C(N)Nc3ccc(OC)cc3)c2)cc1. The van der Waals surface area contributed by atoms with Crippen LogP contribution in [0.4, 0.5) is 11.4 Å². The van der Waals surface area contributed by atoms with Gasteiger partial charge in [0, 0.05) is 11.4 Å². The van der Waals surface area contributed by atoms with Gasteiger partial charge in [0.25, 0.3) is 0 Å². The molecule has 166 valence electrons. The quantitative estimate of drug-likeness (QED) is 0.319. The molecule has 32 heavy (non-hydrogen) atoms. The molecule has 0 atom stereocenters. The summed E-state index contributed by atoms with van der Waals surface area (Å²) in [4.78, 5) is 8.82. The topological polar surface area (TPSA) is 119 Å². The second-order valence-electron chi connectivity index (χ2n) is 6.93. The molecule has 0 aliphatic rings. The largest absolute Gasteiger partial charge is 0.497 e. The molecule has 3 rings (SSSR count). The number of hydrogen-bond acceptors (Lipinski definition) is 4. The second-order valence-corrected chi connectivity index (χ2v) is 6.93. The van der Waals surface area contributed by atoms with Gasteiger partial charge in [-0.3, -0.25) is 0 Å². The lowest BCUT2D eigenvalue weighted by molar-refractivity contribution is 0.415. The minimum absolute atomic E-state index is 0.339. The summed E-state index contributed by atoms with van der Waals surface area (Å²) in [6, 6.07) is 22.9. The second kappa shape index (κ2) is 11.3. The summed E-state index contributed by atoms with van der Waals surface area (Å²) in [6.45, 7) is 0.901. The van der Waals surface area contributed by atoms with Crippen LogP contribution in [-0.2, 0) is 13.1 Å². The molecule has 0 saturated heterocycles. The Bertz CT molecular complexity index is 980. The normalized spacial score (nSPS) is 11.7. The average Bonchev–Trinajstić information content (AvgIpc) is 2.83. The van der Waals surface area contributed by atoms with Gasteiger partial charge in [0.15, 0.2) is 11.9 Å². The molecular weight excluding hydrogens is 404 g/mol. The Morgan fingerprint density at radius 1 is 0.688 bits per heavy atom. The van der Waals surface area contributed by atoms with Gasteiger partial charge in [0.05, 0.1) is 27.3 Å². The Labute approximate surface area is 188 Å². The van der Waals surface area contributed by atoms with Crippen LogP contribution in [-0.4, -0.2) is 26.1 Å². The number of guanidine groups is 2. The van der Waals surface area contributed by atoms with E-state index in [4.69, 9.17) is 20.9 Å². The Kier molecular flexibility index (Phi) is 7.91. The van der Waals surface area contributed by atoms with Gasteiger partial charge in [0.2, 0.25) is 0 Å². The van der Waals surface area contributed by atoms with Gasteiger partial charge in [0.1, 0.15) is 11.5 Å². The van der Waals surface area contributed by atoms with Crippen molar-refractivity contribution in [2.45, 2.75) is 13.1 Å². The van der Waals surface area contributed by atoms with Crippen molar-refractivity contribution in [2.24, 2.45) is 21.5 Å². The molecule has 0 saturated carbocycles. The van der Waals surface area contributed by atoms with Crippen molar-refractivity contribution in [1.29, 1.82) is 0 Å². The van der Waals surface area contributed by atoms with Gasteiger partial charge < -0.3 is 31.6 Å². The maximum atomic E-state index is 6.01. The van der Waals surface area contributed by atoms with E-state index in [1.807, 2.05) is 72.8 Å². The van der Waals surface area contributed by atoms with Gasteiger partial charge in [-0.2, -0.15) is 0 Å². The number of benzene rings is 3. The highest BCUT2D eigenvalue weighted by molar-refractivity contribution is 5.92. The summed E-state index contributed by atoms with van der Waals surface area (Å²) in [6.07, 6.45) is 0. The summed E-state index contributed by atoms with van der Waals surface area (Å²) in [5, 5.41) is 6.13. The fourth-order valence-electron chi connectivity index (χ4n) is 2.90. The predicted octanol–water partition coefficient (Wildman–Crippen LogP) is 3.56. The van der Waals surface area contributed by atoms with Crippen molar-refractivity contribution >= 4 is 23.3 Å². The lowest BCUT2D eigenvalue weighted by atomic mass is 10.1. The zero-order valence-corrected chi connectivity index (χ0v) is 18.2. The van der Waals surface area contributed by atoms with E-state index in [9.17, 15) is 0 Å². The zero-order valence-electron chi connectivity index (χ0n) is 18.2. The molecule has 8 nitrogen and oxygen atoms in total. The lowest BCUT2D eigenvalue weighted by Gasteiger charge is -2.08. The molecule has 0 spiro atoms. The Hall–Kier alpha value is -4.20. The van der Waals surface area contributed by atoms with Gasteiger partial charge in [-0.15, -0.1) is 0 Å². The first-order valence-corrected chi connectivity index (χ1v) is 10.1. The number of anilines is 2. The summed E-state index contributed by atoms with van der Waals surface area (Å²) >= 11 is 0. The molecule has 6 N–H and O–H groups in total. The van der Waals surface area contributed by atoms with Crippen LogP contribution >= 0.6 is 0 Å². The van der Waals surface area contributed by atoms with Crippen molar-refractivity contribution in [3.05, 3.63) is 83.9 Å². The smallest absolute Gasteiger partial charge is 0.193 e. The Morgan fingerprint density at radius 3 is 1.47 bits per heavy atom. The molecule has 0 bridgehead atoms. The number of aliphatic imine (C=N–C) groups is 2. The van der Waals surface area contributed by atoms with Crippen molar-refractivity contribution < 1.29 is 9.47 Å². The fourth-order valence-corrected chi connectivity index (χ4v) is 2.90. The van der Waals surface area contributed by atoms with Crippen LogP contribution in [0, 0.1) is 0 Å². The van der Waals surface area contributed by atoms with Crippen molar-refractivity contribution in [3.63, 3.8) is 0 Å². The van der Waals surface area contributed by atoms with Crippen LogP contribution in [0.15, 0.2) is 82.8 Å². The molecule has 0 aliphatic heterocycles. The Morgan fingerprint density at radius 2 is 1.09 bits per heavy atom. The van der Waals surface area contributed by atoms with Gasteiger partial charge >= 0.3 is 0 Å². The maximum Gasteiger partial charge on any atom is 0.193 e. The van der Waals surface area contributed by atoms with E-state index in [0.717, 1.165) is 34.0 Å². The van der Waals surface area contributed by atoms with Crippen LogP contribution in [0.25, 0.3) is 0 Å². The monoisotopic (exact) mass is 432 g/mol. The van der Waals surface area contributed by atoms with Crippen LogP contribution in [0.1, 0.15) is 11.1 Å². The summed E-state index contributed by atoms with van der Waals surface area (Å²) in [5.74, 6) is 2.24. The minimum Gasteiger partial charge on any atom is -0.497 e. The standard InChI is InChI=1S/C24H28N6O2/c1-31-21-10-6-19(7-11-21)29-23(25)27-15-17-4-3-5-18(14-17)16-28-24(26)30-20-8-12-22(32-2)13-9-20/h3-14H,15-16H2,1-2H3,(H3,25,27,29)(H3,26,28,30). The number of methoxy groups -OCH3 is 2. The van der Waals surface area contributed by atoms with E-state index in [1.165, 1.54) is 0 Å². The average molecular weight is 433 g/mol. The van der Waals surface area contributed by atoms with E-state index in [2.05, 4.69) is 20.6 Å². The highest BCUT2D eigenvalue weighted by Crippen LogP contribution is 2.16. The zero-order chi connectivity index (χ0) is 22.8. The van der Waals surface area contributed by atoms with Crippen molar-refractivity contribution in [2.75, 3.05) is 24.9 Å². The molecule has 0 radical (unpaired) electrons. The molecule has 0 aliphatic carbocycles. The summed E-state index contributed by atoms with van der Waals surface area (Å²) in [5.41, 5.74) is 15.7. The molecule has 8 heteroatoms. The number of nitrogens with zero attached hydrogens (tertiary/aromatic N) is 2. The summed E-state index contributed by atoms with van der Waals surface area (Å²) < 4.78 is 10.3. The highest BCUT2D eigenvalue weighted by Gasteiger charge is 2.00.